The highest BCUT2D eigenvalue weighted by Gasteiger charge is 2.21. The van der Waals surface area contributed by atoms with Gasteiger partial charge in [0.15, 0.2) is 0 Å². The summed E-state index contributed by atoms with van der Waals surface area (Å²) in [7, 11) is 0. The molecule has 25 heavy (non-hydrogen) atoms. The van der Waals surface area contributed by atoms with Crippen LogP contribution in [0.3, 0.4) is 0 Å². The van der Waals surface area contributed by atoms with E-state index in [0.717, 1.165) is 23.9 Å². The molecule has 4 nitrogen and oxygen atoms in total. The zero-order valence-corrected chi connectivity index (χ0v) is 15.1. The van der Waals surface area contributed by atoms with Crippen LogP contribution in [-0.4, -0.2) is 28.9 Å². The van der Waals surface area contributed by atoms with E-state index in [1.807, 2.05) is 0 Å². The monoisotopic (exact) mass is 337 g/mol. The summed E-state index contributed by atoms with van der Waals surface area (Å²) in [5.41, 5.74) is 3.09. The molecule has 2 atom stereocenters. The first-order valence-corrected chi connectivity index (χ1v) is 9.08. The van der Waals surface area contributed by atoms with Crippen LogP contribution in [0.15, 0.2) is 48.8 Å². The number of rotatable bonds is 5. The van der Waals surface area contributed by atoms with E-state index < -0.39 is 0 Å². The summed E-state index contributed by atoms with van der Waals surface area (Å²) in [6.45, 7) is 8.62. The summed E-state index contributed by atoms with van der Waals surface area (Å²) in [4.78, 5) is 18.5. The van der Waals surface area contributed by atoms with Crippen molar-refractivity contribution in [3.63, 3.8) is 0 Å². The average molecular weight is 337 g/mol. The van der Waals surface area contributed by atoms with Crippen molar-refractivity contribution in [2.24, 2.45) is 11.8 Å². The van der Waals surface area contributed by atoms with Gasteiger partial charge in [-0.1, -0.05) is 38.1 Å². The van der Waals surface area contributed by atoms with E-state index in [0.29, 0.717) is 12.1 Å². The fourth-order valence-electron chi connectivity index (χ4n) is 3.73. The number of carbonyl (C=O) groups excluding carboxylic acids is 1. The first-order valence-electron chi connectivity index (χ1n) is 9.08. The molecule has 0 radical (unpaired) electrons. The van der Waals surface area contributed by atoms with Gasteiger partial charge in [-0.25, -0.2) is 0 Å². The van der Waals surface area contributed by atoms with Gasteiger partial charge in [0.25, 0.3) is 5.91 Å². The topological polar surface area (TPSA) is 45.2 Å². The average Bonchev–Trinajstić information content (AvgIpc) is 2.61. The summed E-state index contributed by atoms with van der Waals surface area (Å²) in [6.07, 6.45) is 4.60. The minimum absolute atomic E-state index is 0.0669. The summed E-state index contributed by atoms with van der Waals surface area (Å²) >= 11 is 0. The minimum Gasteiger partial charge on any atom is -0.348 e. The van der Waals surface area contributed by atoms with Gasteiger partial charge in [0.1, 0.15) is 0 Å². The molecule has 1 fully saturated rings. The van der Waals surface area contributed by atoms with Crippen LogP contribution in [-0.2, 0) is 13.1 Å². The molecule has 0 unspecified atom stereocenters. The Labute approximate surface area is 150 Å². The quantitative estimate of drug-likeness (QED) is 0.908. The first-order chi connectivity index (χ1) is 12.1. The Kier molecular flexibility index (Phi) is 5.82. The van der Waals surface area contributed by atoms with Crippen LogP contribution in [0.2, 0.25) is 0 Å². The maximum absolute atomic E-state index is 12.1. The van der Waals surface area contributed by atoms with E-state index in [2.05, 4.69) is 53.3 Å². The number of amides is 1. The number of hydrogen-bond acceptors (Lipinski definition) is 3. The van der Waals surface area contributed by atoms with Gasteiger partial charge < -0.3 is 5.32 Å². The van der Waals surface area contributed by atoms with Crippen LogP contribution >= 0.6 is 0 Å². The van der Waals surface area contributed by atoms with Crippen LogP contribution in [0, 0.1) is 11.8 Å². The van der Waals surface area contributed by atoms with E-state index in [9.17, 15) is 4.79 Å². The second-order valence-corrected chi connectivity index (χ2v) is 7.38. The Bertz CT molecular complexity index is 674. The SMILES string of the molecule is C[C@@H]1C[C@H](C)CN(Cc2ccc(CNC(=O)c3ccncc3)cc2)C1. The van der Waals surface area contributed by atoms with Gasteiger partial charge in [-0.05, 0) is 41.5 Å². The molecule has 1 saturated heterocycles. The summed E-state index contributed by atoms with van der Waals surface area (Å²) in [6, 6.07) is 12.0. The molecule has 0 bridgehead atoms. The van der Waals surface area contributed by atoms with Gasteiger partial charge in [-0.3, -0.25) is 14.7 Å². The number of nitrogens with one attached hydrogen (secondary N) is 1. The second kappa shape index (κ2) is 8.26. The molecule has 0 aliphatic carbocycles. The van der Waals surface area contributed by atoms with E-state index in [-0.39, 0.29) is 5.91 Å². The number of benzene rings is 1. The van der Waals surface area contributed by atoms with Crippen molar-refractivity contribution in [1.82, 2.24) is 15.2 Å². The Morgan fingerprint density at radius 1 is 1.04 bits per heavy atom. The molecule has 2 heterocycles. The summed E-state index contributed by atoms with van der Waals surface area (Å²) < 4.78 is 0. The highest BCUT2D eigenvalue weighted by Crippen LogP contribution is 2.22. The van der Waals surface area contributed by atoms with Crippen LogP contribution in [0.5, 0.6) is 0 Å². The highest BCUT2D eigenvalue weighted by atomic mass is 16.1. The van der Waals surface area contributed by atoms with E-state index in [1.165, 1.54) is 25.1 Å². The molecular formula is C21H27N3O. The largest absolute Gasteiger partial charge is 0.348 e. The summed E-state index contributed by atoms with van der Waals surface area (Å²) in [5.74, 6) is 1.50. The lowest BCUT2D eigenvalue weighted by Gasteiger charge is -2.35. The van der Waals surface area contributed by atoms with Gasteiger partial charge in [0, 0.05) is 44.1 Å². The molecular weight excluding hydrogens is 310 g/mol. The van der Waals surface area contributed by atoms with Gasteiger partial charge in [0.05, 0.1) is 0 Å². The number of hydrogen-bond donors (Lipinski definition) is 1. The molecule has 0 spiro atoms. The van der Waals surface area contributed by atoms with Crippen LogP contribution < -0.4 is 5.32 Å². The lowest BCUT2D eigenvalue weighted by Crippen LogP contribution is -2.38. The third kappa shape index (κ3) is 5.13. The molecule has 1 aliphatic heterocycles. The predicted molar refractivity (Wildman–Crippen MR) is 100 cm³/mol. The van der Waals surface area contributed by atoms with E-state index >= 15 is 0 Å². The zero-order chi connectivity index (χ0) is 17.6. The van der Waals surface area contributed by atoms with Crippen LogP contribution in [0.1, 0.15) is 41.8 Å². The number of piperidine rings is 1. The van der Waals surface area contributed by atoms with Crippen LogP contribution in [0.4, 0.5) is 0 Å². The molecule has 1 N–H and O–H groups in total. The molecule has 1 aromatic carbocycles. The summed E-state index contributed by atoms with van der Waals surface area (Å²) in [5, 5.41) is 2.95. The molecule has 4 heteroatoms. The van der Waals surface area contributed by atoms with Gasteiger partial charge in [0.2, 0.25) is 0 Å². The Morgan fingerprint density at radius 2 is 1.64 bits per heavy atom. The maximum Gasteiger partial charge on any atom is 0.251 e. The lowest BCUT2D eigenvalue weighted by molar-refractivity contribution is 0.0951. The second-order valence-electron chi connectivity index (χ2n) is 7.38. The van der Waals surface area contributed by atoms with Crippen molar-refractivity contribution in [3.8, 4) is 0 Å². The third-order valence-corrected chi connectivity index (χ3v) is 4.77. The zero-order valence-electron chi connectivity index (χ0n) is 15.1. The maximum atomic E-state index is 12.1. The smallest absolute Gasteiger partial charge is 0.251 e. The first kappa shape index (κ1) is 17.6. The minimum atomic E-state index is -0.0669. The van der Waals surface area contributed by atoms with Crippen molar-refractivity contribution >= 4 is 5.91 Å². The van der Waals surface area contributed by atoms with Crippen molar-refractivity contribution in [2.45, 2.75) is 33.4 Å². The Hall–Kier alpha value is -2.20. The number of pyridine rings is 1. The normalized spacial score (nSPS) is 21.0. The van der Waals surface area contributed by atoms with Gasteiger partial charge in [-0.2, -0.15) is 0 Å². The third-order valence-electron chi connectivity index (χ3n) is 4.77. The van der Waals surface area contributed by atoms with E-state index in [1.54, 1.807) is 24.5 Å². The molecule has 2 aromatic rings. The molecule has 1 aliphatic rings. The highest BCUT2D eigenvalue weighted by molar-refractivity contribution is 5.93. The molecule has 1 aromatic heterocycles. The van der Waals surface area contributed by atoms with Gasteiger partial charge >= 0.3 is 0 Å². The predicted octanol–water partition coefficient (Wildman–Crippen LogP) is 3.49. The van der Waals surface area contributed by atoms with Crippen molar-refractivity contribution in [3.05, 3.63) is 65.5 Å². The van der Waals surface area contributed by atoms with Crippen LogP contribution in [0.25, 0.3) is 0 Å². The lowest BCUT2D eigenvalue weighted by atomic mass is 9.91. The Balaban J connectivity index is 1.51. The fraction of sp³-hybridized carbons (Fsp3) is 0.429. The molecule has 132 valence electrons. The Morgan fingerprint density at radius 3 is 2.28 bits per heavy atom. The van der Waals surface area contributed by atoms with Crippen molar-refractivity contribution < 1.29 is 4.79 Å². The molecule has 0 saturated carbocycles. The van der Waals surface area contributed by atoms with Crippen molar-refractivity contribution in [1.29, 1.82) is 0 Å². The van der Waals surface area contributed by atoms with Crippen molar-refractivity contribution in [2.75, 3.05) is 13.1 Å². The number of nitrogens with zero attached hydrogens (tertiary/aromatic N) is 2. The molecule has 3 rings (SSSR count). The fourth-order valence-corrected chi connectivity index (χ4v) is 3.73. The van der Waals surface area contributed by atoms with E-state index in [4.69, 9.17) is 0 Å². The number of aromatic nitrogens is 1. The number of carbonyl (C=O) groups is 1. The van der Waals surface area contributed by atoms with Gasteiger partial charge in [-0.15, -0.1) is 0 Å². The standard InChI is InChI=1S/C21H27N3O/c1-16-11-17(2)14-24(13-16)15-19-5-3-18(4-6-19)12-23-21(25)20-7-9-22-10-8-20/h3-10,16-17H,11-15H2,1-2H3,(H,23,25)/t16-,17+. The number of likely N-dealkylation sites (tertiary alicyclic amines) is 1. The molecule has 1 amide bonds.